The number of aromatic hydroxyl groups is 1. The van der Waals surface area contributed by atoms with Crippen LogP contribution in [-0.2, 0) is 21.1 Å². The van der Waals surface area contributed by atoms with Gasteiger partial charge in [0.25, 0.3) is 0 Å². The third-order valence-corrected chi connectivity index (χ3v) is 10.1. The maximum atomic E-state index is 10.7. The van der Waals surface area contributed by atoms with E-state index in [0.29, 0.717) is 11.3 Å². The molecule has 248 valence electrons. The Morgan fingerprint density at radius 1 is 0.529 bits per heavy atom. The summed E-state index contributed by atoms with van der Waals surface area (Å²) in [6.07, 6.45) is 0. The van der Waals surface area contributed by atoms with Crippen LogP contribution >= 0.6 is 11.3 Å². The minimum Gasteiger partial charge on any atom is -0.507 e. The number of rotatable bonds is 6. The fourth-order valence-corrected chi connectivity index (χ4v) is 7.68. The fourth-order valence-electron chi connectivity index (χ4n) is 6.54. The second-order valence-electron chi connectivity index (χ2n) is 12.3. The molecule has 9 rings (SSSR count). The van der Waals surface area contributed by atoms with Gasteiger partial charge in [0.2, 0.25) is 0 Å². The third kappa shape index (κ3) is 6.31. The summed E-state index contributed by atoms with van der Waals surface area (Å²) in [7, 11) is 0. The summed E-state index contributed by atoms with van der Waals surface area (Å²) >= 11 is 1.81. The van der Waals surface area contributed by atoms with Crippen molar-refractivity contribution in [3.8, 4) is 73.3 Å². The Hall–Kier alpha value is -5.61. The molecule has 4 aromatic heterocycles. The van der Waals surface area contributed by atoms with Crippen molar-refractivity contribution in [3.05, 3.63) is 163 Å². The first kappa shape index (κ1) is 32.6. The van der Waals surface area contributed by atoms with E-state index in [4.69, 9.17) is 14.4 Å². The van der Waals surface area contributed by atoms with E-state index in [1.165, 1.54) is 20.2 Å². The van der Waals surface area contributed by atoms with Gasteiger partial charge in [-0.2, -0.15) is 0 Å². The molecule has 0 aliphatic rings. The van der Waals surface area contributed by atoms with Crippen LogP contribution in [-0.4, -0.2) is 15.1 Å². The number of phenolic OH excluding ortho intramolecular Hbond substituents is 1. The van der Waals surface area contributed by atoms with Crippen molar-refractivity contribution >= 4 is 31.5 Å². The van der Waals surface area contributed by atoms with Gasteiger partial charge in [-0.25, -0.2) is 0 Å². The number of pyridine rings is 2. The number of furan rings is 1. The van der Waals surface area contributed by atoms with Gasteiger partial charge in [0.05, 0.1) is 5.69 Å². The minimum atomic E-state index is 0. The van der Waals surface area contributed by atoms with Gasteiger partial charge in [-0.1, -0.05) is 96.1 Å². The molecule has 0 unspecified atom stereocenters. The van der Waals surface area contributed by atoms with E-state index in [1.54, 1.807) is 17.4 Å². The van der Waals surface area contributed by atoms with E-state index in [2.05, 4.69) is 78.9 Å². The molecule has 0 fully saturated rings. The number of fused-ring (bicyclic) bond motifs is 3. The molecule has 0 saturated carbocycles. The Kier molecular flexibility index (Phi) is 8.69. The zero-order valence-electron chi connectivity index (χ0n) is 27.4. The maximum Gasteiger partial charge on any atom is 0.134 e. The predicted molar refractivity (Wildman–Crippen MR) is 205 cm³/mol. The van der Waals surface area contributed by atoms with E-state index in [-0.39, 0.29) is 26.8 Å². The molecule has 0 atom stereocenters. The van der Waals surface area contributed by atoms with Crippen molar-refractivity contribution in [2.45, 2.75) is 6.92 Å². The van der Waals surface area contributed by atoms with Crippen LogP contribution in [0.3, 0.4) is 0 Å². The zero-order valence-corrected chi connectivity index (χ0v) is 30.5. The topological polar surface area (TPSA) is 59.2 Å². The van der Waals surface area contributed by atoms with E-state index in [0.717, 1.165) is 62.0 Å². The molecule has 51 heavy (non-hydrogen) atoms. The van der Waals surface area contributed by atoms with Crippen LogP contribution in [0, 0.1) is 13.0 Å². The number of thiophene rings is 1. The second-order valence-corrected chi connectivity index (χ2v) is 13.4. The Morgan fingerprint density at radius 2 is 1.20 bits per heavy atom. The number of hydrogen-bond donors (Lipinski definition) is 1. The zero-order chi connectivity index (χ0) is 33.6. The van der Waals surface area contributed by atoms with Crippen molar-refractivity contribution in [2.75, 3.05) is 0 Å². The number of aryl methyl sites for hydroxylation is 1. The number of para-hydroxylation sites is 1. The van der Waals surface area contributed by atoms with Gasteiger partial charge >= 0.3 is 0 Å². The molecular formula is C45H29N2O2PtS-. The molecule has 0 aliphatic heterocycles. The smallest absolute Gasteiger partial charge is 0.134 e. The summed E-state index contributed by atoms with van der Waals surface area (Å²) < 4.78 is 9.01. The van der Waals surface area contributed by atoms with Crippen LogP contribution in [0.25, 0.3) is 87.7 Å². The number of aromatic nitrogens is 2. The van der Waals surface area contributed by atoms with Crippen LogP contribution in [0.4, 0.5) is 0 Å². The van der Waals surface area contributed by atoms with Gasteiger partial charge in [0, 0.05) is 75.0 Å². The third-order valence-electron chi connectivity index (χ3n) is 8.97. The van der Waals surface area contributed by atoms with Crippen molar-refractivity contribution in [2.24, 2.45) is 0 Å². The first-order valence-electron chi connectivity index (χ1n) is 16.5. The molecule has 0 radical (unpaired) electrons. The summed E-state index contributed by atoms with van der Waals surface area (Å²) in [4.78, 5) is 9.92. The molecule has 4 nitrogen and oxygen atoms in total. The summed E-state index contributed by atoms with van der Waals surface area (Å²) in [6, 6.07) is 54.5. The van der Waals surface area contributed by atoms with Crippen LogP contribution in [0.15, 0.2) is 156 Å². The monoisotopic (exact) mass is 856 g/mol. The molecule has 6 heteroatoms. The molecule has 0 saturated heterocycles. The quantitative estimate of drug-likeness (QED) is 0.169. The first-order chi connectivity index (χ1) is 24.6. The van der Waals surface area contributed by atoms with Gasteiger partial charge < -0.3 is 9.52 Å². The minimum absolute atomic E-state index is 0. The summed E-state index contributed by atoms with van der Waals surface area (Å²) in [5.74, 6) is 1.80. The van der Waals surface area contributed by atoms with Gasteiger partial charge in [0.1, 0.15) is 17.3 Å². The largest absolute Gasteiger partial charge is 0.507 e. The standard InChI is InChI=1S/C45H29N2O2S.Pt/c1-28-22-34(43-21-20-42(49-43)32-18-19-36-35-14-6-8-17-44(35)50-45(36)27-32)26-38(46-28)30-12-9-13-31(23-30)39-24-33(29-10-3-2-4-11-29)25-40(47-39)37-15-5-7-16-41(37)48;/h2-22,24-27,48H,1H3;/q-1;. The Labute approximate surface area is 314 Å². The molecule has 0 bridgehead atoms. The van der Waals surface area contributed by atoms with E-state index >= 15 is 0 Å². The molecular weight excluding hydrogens is 828 g/mol. The van der Waals surface area contributed by atoms with Crippen molar-refractivity contribution in [3.63, 3.8) is 0 Å². The van der Waals surface area contributed by atoms with Crippen molar-refractivity contribution in [1.29, 1.82) is 0 Å². The average molecular weight is 857 g/mol. The Morgan fingerprint density at radius 3 is 2.02 bits per heavy atom. The molecule has 0 aliphatic carbocycles. The van der Waals surface area contributed by atoms with Gasteiger partial charge in [-0.3, -0.25) is 9.97 Å². The molecule has 4 heterocycles. The normalized spacial score (nSPS) is 11.2. The Bertz CT molecular complexity index is 2700. The predicted octanol–water partition coefficient (Wildman–Crippen LogP) is 12.3. The molecule has 1 N–H and O–H groups in total. The summed E-state index contributed by atoms with van der Waals surface area (Å²) in [5, 5.41) is 13.3. The van der Waals surface area contributed by atoms with Gasteiger partial charge in [-0.15, -0.1) is 35.6 Å². The van der Waals surface area contributed by atoms with Crippen molar-refractivity contribution < 1.29 is 30.6 Å². The number of benzene rings is 5. The van der Waals surface area contributed by atoms with E-state index in [9.17, 15) is 5.11 Å². The molecule has 0 spiro atoms. The van der Waals surface area contributed by atoms with Crippen LogP contribution in [0.2, 0.25) is 0 Å². The van der Waals surface area contributed by atoms with E-state index < -0.39 is 0 Å². The van der Waals surface area contributed by atoms with Gasteiger partial charge in [0.15, 0.2) is 0 Å². The fraction of sp³-hybridized carbons (Fsp3) is 0.0222. The molecule has 0 amide bonds. The Balaban J connectivity index is 0.00000374. The second kappa shape index (κ2) is 13.6. The maximum absolute atomic E-state index is 10.7. The average Bonchev–Trinajstić information content (AvgIpc) is 3.81. The number of phenols is 1. The summed E-state index contributed by atoms with van der Waals surface area (Å²) in [5.41, 5.74) is 9.55. The van der Waals surface area contributed by atoms with E-state index in [1.807, 2.05) is 79.7 Å². The molecule has 5 aromatic carbocycles. The van der Waals surface area contributed by atoms with Crippen LogP contribution in [0.5, 0.6) is 5.75 Å². The van der Waals surface area contributed by atoms with Gasteiger partial charge in [-0.05, 0) is 66.6 Å². The van der Waals surface area contributed by atoms with Crippen LogP contribution < -0.4 is 0 Å². The van der Waals surface area contributed by atoms with Crippen LogP contribution in [0.1, 0.15) is 5.69 Å². The summed E-state index contributed by atoms with van der Waals surface area (Å²) in [6.45, 7) is 2.00. The number of hydrogen-bond acceptors (Lipinski definition) is 5. The first-order valence-corrected chi connectivity index (χ1v) is 17.3. The molecule has 9 aromatic rings. The number of nitrogens with zero attached hydrogens (tertiary/aromatic N) is 2. The SMILES string of the molecule is Cc1cc(-c2ccc(-c3ccc4c(c3)sc3ccccc34)o2)cc(-c2[c-]c(-c3cc(-c4ccccc4)cc(-c4ccccc4O)n3)ccc2)n1.[Pt]. The van der Waals surface area contributed by atoms with Crippen molar-refractivity contribution in [1.82, 2.24) is 9.97 Å².